The summed E-state index contributed by atoms with van der Waals surface area (Å²) in [6.45, 7) is 0. The van der Waals surface area contributed by atoms with Crippen LogP contribution >= 0.6 is 35.0 Å². The molecule has 6 nitrogen and oxygen atoms in total. The number of hydrogen-bond donors (Lipinski definition) is 2. The number of hydrogen-bond acceptors (Lipinski definition) is 5. The number of anilines is 1. The molecule has 0 saturated heterocycles. The highest BCUT2D eigenvalue weighted by Gasteiger charge is 2.12. The summed E-state index contributed by atoms with van der Waals surface area (Å²) in [5.74, 6) is 1.27. The Hall–Kier alpha value is -2.22. The number of halogens is 2. The molecule has 0 radical (unpaired) electrons. The fourth-order valence-corrected chi connectivity index (χ4v) is 3.21. The number of amides is 1. The number of ether oxygens (including phenoxy) is 1. The molecule has 26 heavy (non-hydrogen) atoms. The van der Waals surface area contributed by atoms with Gasteiger partial charge in [-0.25, -0.2) is 4.98 Å². The molecular formula is C17H14Cl2N4O2S. The van der Waals surface area contributed by atoms with Crippen LogP contribution in [0.25, 0.3) is 11.4 Å². The first-order valence-electron chi connectivity index (χ1n) is 7.49. The molecule has 0 spiro atoms. The molecule has 0 aliphatic heterocycles. The van der Waals surface area contributed by atoms with Crippen molar-refractivity contribution in [2.75, 3.05) is 18.2 Å². The van der Waals surface area contributed by atoms with Gasteiger partial charge in [0.2, 0.25) is 11.1 Å². The third kappa shape index (κ3) is 4.69. The van der Waals surface area contributed by atoms with Crippen molar-refractivity contribution >= 4 is 46.6 Å². The van der Waals surface area contributed by atoms with Gasteiger partial charge in [0.15, 0.2) is 5.82 Å². The second kappa shape index (κ2) is 8.44. The van der Waals surface area contributed by atoms with E-state index in [1.54, 1.807) is 49.6 Å². The quantitative estimate of drug-likeness (QED) is 0.586. The highest BCUT2D eigenvalue weighted by atomic mass is 35.5. The molecule has 9 heteroatoms. The van der Waals surface area contributed by atoms with E-state index in [4.69, 9.17) is 27.9 Å². The monoisotopic (exact) mass is 408 g/mol. The molecule has 1 amide bonds. The van der Waals surface area contributed by atoms with E-state index in [1.165, 1.54) is 11.8 Å². The smallest absolute Gasteiger partial charge is 0.234 e. The highest BCUT2D eigenvalue weighted by molar-refractivity contribution is 7.99. The summed E-state index contributed by atoms with van der Waals surface area (Å²) in [5, 5.41) is 11.2. The zero-order valence-electron chi connectivity index (χ0n) is 13.6. The van der Waals surface area contributed by atoms with Crippen molar-refractivity contribution in [2.24, 2.45) is 0 Å². The Kier molecular flexibility index (Phi) is 6.03. The fourth-order valence-electron chi connectivity index (χ4n) is 2.11. The maximum absolute atomic E-state index is 12.0. The van der Waals surface area contributed by atoms with E-state index in [2.05, 4.69) is 20.5 Å². The molecule has 3 aromatic rings. The van der Waals surface area contributed by atoms with E-state index < -0.39 is 0 Å². The van der Waals surface area contributed by atoms with E-state index >= 15 is 0 Å². The Morgan fingerprint density at radius 1 is 1.23 bits per heavy atom. The lowest BCUT2D eigenvalue weighted by Crippen LogP contribution is -2.14. The average Bonchev–Trinajstić information content (AvgIpc) is 3.09. The Morgan fingerprint density at radius 2 is 2.00 bits per heavy atom. The van der Waals surface area contributed by atoms with Gasteiger partial charge in [-0.3, -0.25) is 9.89 Å². The summed E-state index contributed by atoms with van der Waals surface area (Å²) in [7, 11) is 1.59. The maximum atomic E-state index is 12.0. The van der Waals surface area contributed by atoms with Gasteiger partial charge in [-0.1, -0.05) is 35.0 Å². The lowest BCUT2D eigenvalue weighted by Gasteiger charge is -2.05. The highest BCUT2D eigenvalue weighted by Crippen LogP contribution is 2.29. The third-order valence-electron chi connectivity index (χ3n) is 3.36. The topological polar surface area (TPSA) is 79.9 Å². The van der Waals surface area contributed by atoms with Crippen molar-refractivity contribution < 1.29 is 9.53 Å². The zero-order chi connectivity index (χ0) is 18.5. The minimum atomic E-state index is -0.156. The molecule has 2 N–H and O–H groups in total. The van der Waals surface area contributed by atoms with Crippen LogP contribution < -0.4 is 10.1 Å². The van der Waals surface area contributed by atoms with Crippen molar-refractivity contribution in [3.63, 3.8) is 0 Å². The first-order chi connectivity index (χ1) is 12.5. The number of H-pyrrole nitrogens is 1. The number of benzene rings is 2. The van der Waals surface area contributed by atoms with E-state index in [0.29, 0.717) is 32.3 Å². The number of carbonyl (C=O) groups is 1. The summed E-state index contributed by atoms with van der Waals surface area (Å²) < 4.78 is 5.08. The van der Waals surface area contributed by atoms with Crippen LogP contribution in [0.15, 0.2) is 47.6 Å². The van der Waals surface area contributed by atoms with Crippen molar-refractivity contribution in [3.8, 4) is 17.1 Å². The van der Waals surface area contributed by atoms with Gasteiger partial charge in [-0.2, -0.15) is 0 Å². The van der Waals surface area contributed by atoms with E-state index in [0.717, 1.165) is 5.75 Å². The maximum Gasteiger partial charge on any atom is 0.234 e. The SMILES string of the molecule is COc1ccc(NC(=O)CSc2n[nH]c(-c3ccc(Cl)cc3Cl)n2)cc1. The molecule has 0 unspecified atom stereocenters. The van der Waals surface area contributed by atoms with Crippen molar-refractivity contribution in [1.29, 1.82) is 0 Å². The molecule has 0 bridgehead atoms. The van der Waals surface area contributed by atoms with Crippen LogP contribution in [0.3, 0.4) is 0 Å². The minimum Gasteiger partial charge on any atom is -0.497 e. The molecule has 1 aromatic heterocycles. The average molecular weight is 409 g/mol. The molecule has 0 aliphatic rings. The van der Waals surface area contributed by atoms with Crippen LogP contribution in [-0.4, -0.2) is 34.0 Å². The lowest BCUT2D eigenvalue weighted by molar-refractivity contribution is -0.113. The standard InChI is InChI=1S/C17H14Cl2N4O2S/c1-25-12-5-3-11(4-6-12)20-15(24)9-26-17-21-16(22-23-17)13-7-2-10(18)8-14(13)19/h2-8H,9H2,1H3,(H,20,24)(H,21,22,23). The normalized spacial score (nSPS) is 10.6. The Morgan fingerprint density at radius 3 is 2.69 bits per heavy atom. The van der Waals surface area contributed by atoms with Gasteiger partial charge in [0.05, 0.1) is 17.9 Å². The predicted molar refractivity (Wildman–Crippen MR) is 104 cm³/mol. The van der Waals surface area contributed by atoms with Gasteiger partial charge in [0.1, 0.15) is 5.75 Å². The van der Waals surface area contributed by atoms with Gasteiger partial charge in [0, 0.05) is 16.3 Å². The number of aromatic nitrogens is 3. The second-order valence-electron chi connectivity index (χ2n) is 5.16. The van der Waals surface area contributed by atoms with Gasteiger partial charge in [-0.05, 0) is 42.5 Å². The number of aromatic amines is 1. The van der Waals surface area contributed by atoms with Gasteiger partial charge in [-0.15, -0.1) is 5.10 Å². The van der Waals surface area contributed by atoms with Crippen LogP contribution in [0.2, 0.25) is 10.0 Å². The molecule has 0 saturated carbocycles. The molecule has 1 heterocycles. The first kappa shape index (κ1) is 18.6. The van der Waals surface area contributed by atoms with E-state index in [1.807, 2.05) is 0 Å². The van der Waals surface area contributed by atoms with Crippen LogP contribution in [0.1, 0.15) is 0 Å². The molecule has 3 rings (SSSR count). The van der Waals surface area contributed by atoms with Crippen LogP contribution in [0.5, 0.6) is 5.75 Å². The van der Waals surface area contributed by atoms with Gasteiger partial charge >= 0.3 is 0 Å². The summed E-state index contributed by atoms with van der Waals surface area (Å²) in [6.07, 6.45) is 0. The van der Waals surface area contributed by atoms with Gasteiger partial charge in [0.25, 0.3) is 0 Å². The van der Waals surface area contributed by atoms with Gasteiger partial charge < -0.3 is 10.1 Å². The fraction of sp³-hybridized carbons (Fsp3) is 0.118. The largest absolute Gasteiger partial charge is 0.497 e. The molecule has 0 fully saturated rings. The summed E-state index contributed by atoms with van der Waals surface area (Å²) in [4.78, 5) is 16.4. The third-order valence-corrected chi connectivity index (χ3v) is 4.75. The molecule has 2 aromatic carbocycles. The number of nitrogens with zero attached hydrogens (tertiary/aromatic N) is 2. The lowest BCUT2D eigenvalue weighted by atomic mass is 10.2. The Bertz CT molecular complexity index is 915. The summed E-state index contributed by atoms with van der Waals surface area (Å²) in [6, 6.07) is 12.2. The molecular weight excluding hydrogens is 395 g/mol. The minimum absolute atomic E-state index is 0.156. The Balaban J connectivity index is 1.58. The molecule has 0 aliphatic carbocycles. The second-order valence-corrected chi connectivity index (χ2v) is 6.94. The number of methoxy groups -OCH3 is 1. The van der Waals surface area contributed by atoms with Crippen LogP contribution in [-0.2, 0) is 4.79 Å². The van der Waals surface area contributed by atoms with Crippen LogP contribution in [0.4, 0.5) is 5.69 Å². The number of nitrogens with one attached hydrogen (secondary N) is 2. The van der Waals surface area contributed by atoms with E-state index in [9.17, 15) is 4.79 Å². The van der Waals surface area contributed by atoms with E-state index in [-0.39, 0.29) is 11.7 Å². The Labute approximate surface area is 164 Å². The van der Waals surface area contributed by atoms with Crippen molar-refractivity contribution in [3.05, 3.63) is 52.5 Å². The number of carbonyl (C=O) groups excluding carboxylic acids is 1. The summed E-state index contributed by atoms with van der Waals surface area (Å²) >= 11 is 13.3. The predicted octanol–water partition coefficient (Wildman–Crippen LogP) is 4.52. The van der Waals surface area contributed by atoms with Crippen molar-refractivity contribution in [2.45, 2.75) is 5.16 Å². The first-order valence-corrected chi connectivity index (χ1v) is 9.24. The summed E-state index contributed by atoms with van der Waals surface area (Å²) in [5.41, 5.74) is 1.39. The molecule has 134 valence electrons. The van der Waals surface area contributed by atoms with Crippen molar-refractivity contribution in [1.82, 2.24) is 15.2 Å². The zero-order valence-corrected chi connectivity index (χ0v) is 16.0. The number of thioether (sulfide) groups is 1. The molecule has 0 atom stereocenters. The van der Waals surface area contributed by atoms with Crippen LogP contribution in [0, 0.1) is 0 Å². The number of rotatable bonds is 6.